The molecule has 2 nitrogen and oxygen atoms in total. The van der Waals surface area contributed by atoms with E-state index in [4.69, 9.17) is 5.11 Å². The quantitative estimate of drug-likeness (QED) is 0.540. The van der Waals surface area contributed by atoms with Crippen LogP contribution in [0.25, 0.3) is 0 Å². The van der Waals surface area contributed by atoms with Gasteiger partial charge in [0.1, 0.15) is 0 Å². The number of unbranched alkanes of at least 4 members (excludes halogenated alkanes) is 1. The molecular formula is C7H17NO. The van der Waals surface area contributed by atoms with Gasteiger partial charge in [-0.1, -0.05) is 13.3 Å². The third kappa shape index (κ3) is 5.80. The Kier molecular flexibility index (Phi) is 5.99. The largest absolute Gasteiger partial charge is 0.395 e. The van der Waals surface area contributed by atoms with Crippen LogP contribution in [0.5, 0.6) is 0 Å². The predicted molar refractivity (Wildman–Crippen MR) is 39.5 cm³/mol. The summed E-state index contributed by atoms with van der Waals surface area (Å²) in [5, 5.41) is 11.8. The molecule has 1 unspecified atom stereocenters. The van der Waals surface area contributed by atoms with E-state index in [1.807, 2.05) is 6.92 Å². The van der Waals surface area contributed by atoms with Crippen LogP contribution in [-0.4, -0.2) is 24.3 Å². The minimum atomic E-state index is 0.240. The Bertz CT molecular complexity index is 56.9. The topological polar surface area (TPSA) is 32.3 Å². The second-order valence-corrected chi connectivity index (χ2v) is 2.39. The highest BCUT2D eigenvalue weighted by molar-refractivity contribution is 4.56. The van der Waals surface area contributed by atoms with Crippen molar-refractivity contribution < 1.29 is 5.11 Å². The molecule has 0 aliphatic carbocycles. The SMILES string of the molecule is CCCCNC(C)CO. The maximum Gasteiger partial charge on any atom is 0.0581 e. The lowest BCUT2D eigenvalue weighted by molar-refractivity contribution is 0.251. The summed E-state index contributed by atoms with van der Waals surface area (Å²) in [7, 11) is 0. The van der Waals surface area contributed by atoms with Crippen LogP contribution in [0.4, 0.5) is 0 Å². The Morgan fingerprint density at radius 1 is 1.56 bits per heavy atom. The second-order valence-electron chi connectivity index (χ2n) is 2.39. The van der Waals surface area contributed by atoms with Gasteiger partial charge in [-0.15, -0.1) is 0 Å². The van der Waals surface area contributed by atoms with E-state index in [0.29, 0.717) is 0 Å². The molecule has 0 fully saturated rings. The molecular weight excluding hydrogens is 114 g/mol. The fraction of sp³-hybridized carbons (Fsp3) is 1.00. The smallest absolute Gasteiger partial charge is 0.0581 e. The Balaban J connectivity index is 2.88. The van der Waals surface area contributed by atoms with Crippen LogP contribution >= 0.6 is 0 Å². The van der Waals surface area contributed by atoms with E-state index < -0.39 is 0 Å². The highest BCUT2D eigenvalue weighted by Gasteiger charge is 1.94. The van der Waals surface area contributed by atoms with Crippen LogP contribution in [-0.2, 0) is 0 Å². The van der Waals surface area contributed by atoms with E-state index in [2.05, 4.69) is 12.2 Å². The van der Waals surface area contributed by atoms with Crippen LogP contribution in [0.3, 0.4) is 0 Å². The van der Waals surface area contributed by atoms with Gasteiger partial charge in [0, 0.05) is 6.04 Å². The van der Waals surface area contributed by atoms with Crippen LogP contribution in [0.1, 0.15) is 26.7 Å². The fourth-order valence-corrected chi connectivity index (χ4v) is 0.590. The molecule has 0 aliphatic heterocycles. The van der Waals surface area contributed by atoms with Crippen LogP contribution in [0.2, 0.25) is 0 Å². The highest BCUT2D eigenvalue weighted by atomic mass is 16.3. The predicted octanol–water partition coefficient (Wildman–Crippen LogP) is 0.757. The molecule has 0 bridgehead atoms. The zero-order valence-corrected chi connectivity index (χ0v) is 6.35. The Morgan fingerprint density at radius 3 is 2.67 bits per heavy atom. The Morgan fingerprint density at radius 2 is 2.22 bits per heavy atom. The molecule has 0 heterocycles. The van der Waals surface area contributed by atoms with Gasteiger partial charge in [0.05, 0.1) is 6.61 Å². The summed E-state index contributed by atoms with van der Waals surface area (Å²) in [4.78, 5) is 0. The number of aliphatic hydroxyl groups is 1. The molecule has 0 saturated heterocycles. The van der Waals surface area contributed by atoms with Gasteiger partial charge in [0.25, 0.3) is 0 Å². The molecule has 0 aromatic heterocycles. The normalized spacial score (nSPS) is 13.7. The van der Waals surface area contributed by atoms with Crippen molar-refractivity contribution in [3.8, 4) is 0 Å². The van der Waals surface area contributed by atoms with Gasteiger partial charge in [-0.3, -0.25) is 0 Å². The summed E-state index contributed by atoms with van der Waals surface area (Å²) >= 11 is 0. The van der Waals surface area contributed by atoms with Crippen LogP contribution in [0, 0.1) is 0 Å². The number of hydrogen-bond donors (Lipinski definition) is 2. The maximum absolute atomic E-state index is 8.57. The molecule has 2 N–H and O–H groups in total. The van der Waals surface area contributed by atoms with Gasteiger partial charge in [-0.2, -0.15) is 0 Å². The molecule has 0 rings (SSSR count). The summed E-state index contributed by atoms with van der Waals surface area (Å²) in [6.45, 7) is 5.41. The average molecular weight is 131 g/mol. The first-order chi connectivity index (χ1) is 4.31. The molecule has 0 aliphatic rings. The third-order valence-electron chi connectivity index (χ3n) is 1.30. The highest BCUT2D eigenvalue weighted by Crippen LogP contribution is 1.84. The van der Waals surface area contributed by atoms with Crippen molar-refractivity contribution in [2.45, 2.75) is 32.7 Å². The fourth-order valence-electron chi connectivity index (χ4n) is 0.590. The van der Waals surface area contributed by atoms with Crippen molar-refractivity contribution in [1.82, 2.24) is 5.32 Å². The van der Waals surface area contributed by atoms with E-state index in [1.54, 1.807) is 0 Å². The lowest BCUT2D eigenvalue weighted by Crippen LogP contribution is -2.29. The summed E-state index contributed by atoms with van der Waals surface area (Å²) in [5.74, 6) is 0. The van der Waals surface area contributed by atoms with E-state index >= 15 is 0 Å². The van der Waals surface area contributed by atoms with E-state index in [1.165, 1.54) is 12.8 Å². The minimum absolute atomic E-state index is 0.240. The van der Waals surface area contributed by atoms with Crippen molar-refractivity contribution in [2.24, 2.45) is 0 Å². The van der Waals surface area contributed by atoms with Crippen molar-refractivity contribution >= 4 is 0 Å². The summed E-state index contributed by atoms with van der Waals surface area (Å²) in [5.41, 5.74) is 0. The first-order valence-corrected chi connectivity index (χ1v) is 3.65. The van der Waals surface area contributed by atoms with Gasteiger partial charge < -0.3 is 10.4 Å². The third-order valence-corrected chi connectivity index (χ3v) is 1.30. The molecule has 0 aromatic rings. The lowest BCUT2D eigenvalue weighted by Gasteiger charge is -2.08. The minimum Gasteiger partial charge on any atom is -0.395 e. The van der Waals surface area contributed by atoms with E-state index in [-0.39, 0.29) is 12.6 Å². The molecule has 2 heteroatoms. The van der Waals surface area contributed by atoms with Gasteiger partial charge in [0.15, 0.2) is 0 Å². The average Bonchev–Trinajstić information content (AvgIpc) is 1.89. The number of nitrogens with one attached hydrogen (secondary N) is 1. The summed E-state index contributed by atoms with van der Waals surface area (Å²) in [6.07, 6.45) is 2.41. The zero-order valence-electron chi connectivity index (χ0n) is 6.35. The van der Waals surface area contributed by atoms with Crippen LogP contribution in [0.15, 0.2) is 0 Å². The number of hydrogen-bond acceptors (Lipinski definition) is 2. The molecule has 0 spiro atoms. The molecule has 56 valence electrons. The molecule has 0 radical (unpaired) electrons. The molecule has 0 aromatic carbocycles. The Labute approximate surface area is 57.3 Å². The van der Waals surface area contributed by atoms with Crippen molar-refractivity contribution in [1.29, 1.82) is 0 Å². The van der Waals surface area contributed by atoms with Gasteiger partial charge in [-0.25, -0.2) is 0 Å². The van der Waals surface area contributed by atoms with Crippen LogP contribution < -0.4 is 5.32 Å². The number of aliphatic hydroxyl groups excluding tert-OH is 1. The van der Waals surface area contributed by atoms with Crippen molar-refractivity contribution in [2.75, 3.05) is 13.2 Å². The van der Waals surface area contributed by atoms with Gasteiger partial charge in [-0.05, 0) is 19.9 Å². The van der Waals surface area contributed by atoms with E-state index in [9.17, 15) is 0 Å². The zero-order chi connectivity index (χ0) is 7.11. The van der Waals surface area contributed by atoms with Crippen molar-refractivity contribution in [3.63, 3.8) is 0 Å². The molecule has 1 atom stereocenters. The number of rotatable bonds is 5. The van der Waals surface area contributed by atoms with E-state index in [0.717, 1.165) is 6.54 Å². The second kappa shape index (κ2) is 6.05. The first-order valence-electron chi connectivity index (χ1n) is 3.65. The summed E-state index contributed by atoms with van der Waals surface area (Å²) < 4.78 is 0. The maximum atomic E-state index is 8.57. The summed E-state index contributed by atoms with van der Waals surface area (Å²) in [6, 6.07) is 0.261. The monoisotopic (exact) mass is 131 g/mol. The van der Waals surface area contributed by atoms with Crippen molar-refractivity contribution in [3.05, 3.63) is 0 Å². The van der Waals surface area contributed by atoms with Gasteiger partial charge in [0.2, 0.25) is 0 Å². The first kappa shape index (κ1) is 8.92. The molecule has 0 saturated carbocycles. The molecule has 9 heavy (non-hydrogen) atoms. The molecule has 0 amide bonds. The Hall–Kier alpha value is -0.0800. The van der Waals surface area contributed by atoms with Gasteiger partial charge >= 0.3 is 0 Å². The standard InChI is InChI=1S/C7H17NO/c1-3-4-5-8-7(2)6-9/h7-9H,3-6H2,1-2H3. The lowest BCUT2D eigenvalue weighted by atomic mass is 10.3.